The Balaban J connectivity index is 1.38. The first-order valence-corrected chi connectivity index (χ1v) is 10.0. The summed E-state index contributed by atoms with van der Waals surface area (Å²) in [6.07, 6.45) is 3.77. The number of benzene rings is 2. The quantitative estimate of drug-likeness (QED) is 0.590. The number of urea groups is 1. The van der Waals surface area contributed by atoms with Crippen LogP contribution in [0.25, 0.3) is 10.9 Å². The molecule has 1 aliphatic carbocycles. The topological polar surface area (TPSA) is 75.4 Å². The third-order valence-corrected chi connectivity index (χ3v) is 5.58. The maximum Gasteiger partial charge on any atom is 0.315 e. The molecule has 1 unspecified atom stereocenters. The van der Waals surface area contributed by atoms with Gasteiger partial charge in [0.05, 0.1) is 20.3 Å². The molecule has 4 rings (SSSR count). The molecule has 3 N–H and O–H groups in total. The number of methoxy groups -OCH3 is 2. The van der Waals surface area contributed by atoms with Gasteiger partial charge in [-0.3, -0.25) is 0 Å². The largest absolute Gasteiger partial charge is 0.497 e. The van der Waals surface area contributed by atoms with Gasteiger partial charge in [-0.2, -0.15) is 0 Å². The number of hydrogen-bond acceptors (Lipinski definition) is 3. The molecule has 0 fully saturated rings. The summed E-state index contributed by atoms with van der Waals surface area (Å²) >= 11 is 0. The van der Waals surface area contributed by atoms with Crippen molar-refractivity contribution in [3.8, 4) is 11.5 Å². The smallest absolute Gasteiger partial charge is 0.315 e. The molecule has 0 aliphatic heterocycles. The lowest BCUT2D eigenvalue weighted by atomic mass is 9.92. The summed E-state index contributed by atoms with van der Waals surface area (Å²) in [5.41, 5.74) is 4.65. The van der Waals surface area contributed by atoms with E-state index in [1.165, 1.54) is 10.9 Å². The molecule has 2 aromatic carbocycles. The second-order valence-corrected chi connectivity index (χ2v) is 7.37. The molecular weight excluding hydrogens is 366 g/mol. The Morgan fingerprint density at radius 2 is 1.86 bits per heavy atom. The Kier molecular flexibility index (Phi) is 5.60. The Morgan fingerprint density at radius 3 is 2.62 bits per heavy atom. The predicted molar refractivity (Wildman–Crippen MR) is 114 cm³/mol. The Labute approximate surface area is 170 Å². The third kappa shape index (κ3) is 4.16. The molecule has 0 bridgehead atoms. The highest BCUT2D eigenvalue weighted by Gasteiger charge is 2.25. The van der Waals surface area contributed by atoms with Gasteiger partial charge in [-0.1, -0.05) is 12.1 Å². The normalized spacial score (nSPS) is 15.6. The minimum absolute atomic E-state index is 0.00173. The van der Waals surface area contributed by atoms with E-state index in [1.54, 1.807) is 14.2 Å². The van der Waals surface area contributed by atoms with Gasteiger partial charge in [0, 0.05) is 23.1 Å². The SMILES string of the molecule is COc1ccc(CCNC(=O)NC2CCCc3c2[nH]c2ccc(OC)cc32)cc1. The summed E-state index contributed by atoms with van der Waals surface area (Å²) < 4.78 is 10.5. The molecule has 0 saturated heterocycles. The van der Waals surface area contributed by atoms with Crippen LogP contribution >= 0.6 is 0 Å². The van der Waals surface area contributed by atoms with Gasteiger partial charge in [0.25, 0.3) is 0 Å². The minimum Gasteiger partial charge on any atom is -0.497 e. The first kappa shape index (κ1) is 19.2. The fourth-order valence-corrected chi connectivity index (χ4v) is 4.03. The number of H-pyrrole nitrogens is 1. The van der Waals surface area contributed by atoms with Crippen LogP contribution in [0.4, 0.5) is 4.79 Å². The van der Waals surface area contributed by atoms with E-state index in [0.717, 1.165) is 54.0 Å². The molecule has 1 heterocycles. The lowest BCUT2D eigenvalue weighted by Gasteiger charge is -2.24. The second kappa shape index (κ2) is 8.47. The molecule has 2 amide bonds. The Bertz CT molecular complexity index is 995. The van der Waals surface area contributed by atoms with Gasteiger partial charge >= 0.3 is 6.03 Å². The van der Waals surface area contributed by atoms with E-state index in [4.69, 9.17) is 9.47 Å². The van der Waals surface area contributed by atoms with Crippen molar-refractivity contribution in [1.82, 2.24) is 15.6 Å². The Morgan fingerprint density at radius 1 is 1.10 bits per heavy atom. The van der Waals surface area contributed by atoms with Crippen molar-refractivity contribution in [2.45, 2.75) is 31.7 Å². The van der Waals surface area contributed by atoms with Crippen molar-refractivity contribution in [3.05, 3.63) is 59.3 Å². The maximum atomic E-state index is 12.5. The summed E-state index contributed by atoms with van der Waals surface area (Å²) in [6.45, 7) is 0.585. The van der Waals surface area contributed by atoms with Gasteiger partial charge in [0.15, 0.2) is 0 Å². The van der Waals surface area contributed by atoms with Crippen LogP contribution in [0.2, 0.25) is 0 Å². The fraction of sp³-hybridized carbons (Fsp3) is 0.348. The molecule has 0 radical (unpaired) electrons. The van der Waals surface area contributed by atoms with E-state index < -0.39 is 0 Å². The molecule has 3 aromatic rings. The first-order valence-electron chi connectivity index (χ1n) is 10.0. The van der Waals surface area contributed by atoms with Crippen LogP contribution in [-0.2, 0) is 12.8 Å². The minimum atomic E-state index is -0.132. The molecule has 1 aromatic heterocycles. The molecule has 0 spiro atoms. The molecule has 1 atom stereocenters. The van der Waals surface area contributed by atoms with Crippen LogP contribution < -0.4 is 20.1 Å². The van der Waals surface area contributed by atoms with Crippen molar-refractivity contribution < 1.29 is 14.3 Å². The van der Waals surface area contributed by atoms with Crippen LogP contribution in [0.3, 0.4) is 0 Å². The number of carbonyl (C=O) groups is 1. The van der Waals surface area contributed by atoms with Gasteiger partial charge in [-0.25, -0.2) is 4.79 Å². The van der Waals surface area contributed by atoms with E-state index in [0.29, 0.717) is 6.54 Å². The number of carbonyl (C=O) groups excluding carboxylic acids is 1. The summed E-state index contributed by atoms with van der Waals surface area (Å²) in [4.78, 5) is 16.0. The van der Waals surface area contributed by atoms with Crippen LogP contribution in [0, 0.1) is 0 Å². The monoisotopic (exact) mass is 393 g/mol. The van der Waals surface area contributed by atoms with E-state index in [9.17, 15) is 4.79 Å². The molecule has 152 valence electrons. The number of amides is 2. The van der Waals surface area contributed by atoms with Crippen LogP contribution in [0.15, 0.2) is 42.5 Å². The third-order valence-electron chi connectivity index (χ3n) is 5.58. The summed E-state index contributed by atoms with van der Waals surface area (Å²) in [7, 11) is 3.34. The van der Waals surface area contributed by atoms with Crippen LogP contribution in [-0.4, -0.2) is 31.8 Å². The van der Waals surface area contributed by atoms with E-state index >= 15 is 0 Å². The number of aromatic amines is 1. The molecule has 0 saturated carbocycles. The van der Waals surface area contributed by atoms with E-state index in [1.807, 2.05) is 36.4 Å². The zero-order chi connectivity index (χ0) is 20.2. The van der Waals surface area contributed by atoms with Crippen molar-refractivity contribution in [3.63, 3.8) is 0 Å². The van der Waals surface area contributed by atoms with Gasteiger partial charge in [-0.05, 0) is 67.1 Å². The van der Waals surface area contributed by atoms with Crippen molar-refractivity contribution >= 4 is 16.9 Å². The predicted octanol–water partition coefficient (Wildman–Crippen LogP) is 4.10. The summed E-state index contributed by atoms with van der Waals surface area (Å²) in [5, 5.41) is 7.30. The first-order chi connectivity index (χ1) is 14.2. The summed E-state index contributed by atoms with van der Waals surface area (Å²) in [5.74, 6) is 1.69. The average Bonchev–Trinajstić information content (AvgIpc) is 3.13. The molecule has 1 aliphatic rings. The highest BCUT2D eigenvalue weighted by atomic mass is 16.5. The van der Waals surface area contributed by atoms with Crippen LogP contribution in [0.1, 0.15) is 35.7 Å². The second-order valence-electron chi connectivity index (χ2n) is 7.37. The maximum absolute atomic E-state index is 12.5. The highest BCUT2D eigenvalue weighted by molar-refractivity contribution is 5.87. The lowest BCUT2D eigenvalue weighted by Crippen LogP contribution is -2.40. The van der Waals surface area contributed by atoms with Gasteiger partial charge in [0.1, 0.15) is 11.5 Å². The Hall–Kier alpha value is -3.15. The summed E-state index contributed by atoms with van der Waals surface area (Å²) in [6, 6.07) is 13.8. The molecule has 6 heteroatoms. The van der Waals surface area contributed by atoms with Crippen molar-refractivity contribution in [1.29, 1.82) is 0 Å². The van der Waals surface area contributed by atoms with Gasteiger partial charge < -0.3 is 25.1 Å². The fourth-order valence-electron chi connectivity index (χ4n) is 4.03. The van der Waals surface area contributed by atoms with Crippen molar-refractivity contribution in [2.24, 2.45) is 0 Å². The highest BCUT2D eigenvalue weighted by Crippen LogP contribution is 2.36. The van der Waals surface area contributed by atoms with Crippen molar-refractivity contribution in [2.75, 3.05) is 20.8 Å². The number of aromatic nitrogens is 1. The molecule has 29 heavy (non-hydrogen) atoms. The van der Waals surface area contributed by atoms with E-state index in [2.05, 4.69) is 21.7 Å². The lowest BCUT2D eigenvalue weighted by molar-refractivity contribution is 0.235. The van der Waals surface area contributed by atoms with E-state index in [-0.39, 0.29) is 12.1 Å². The number of hydrogen-bond donors (Lipinski definition) is 3. The number of nitrogens with one attached hydrogen (secondary N) is 3. The number of rotatable bonds is 6. The molecule has 6 nitrogen and oxygen atoms in total. The van der Waals surface area contributed by atoms with Gasteiger partial charge in [-0.15, -0.1) is 0 Å². The number of fused-ring (bicyclic) bond motifs is 3. The molecular formula is C23H27N3O3. The number of ether oxygens (including phenoxy) is 2. The average molecular weight is 393 g/mol. The van der Waals surface area contributed by atoms with Gasteiger partial charge in [0.2, 0.25) is 0 Å². The zero-order valence-electron chi connectivity index (χ0n) is 16.9. The standard InChI is InChI=1S/C23H27N3O3/c1-28-16-8-6-15(7-9-16)12-13-24-23(27)26-21-5-3-4-18-19-14-17(29-2)10-11-20(19)25-22(18)21/h6-11,14,21,25H,3-5,12-13H2,1-2H3,(H2,24,26,27). The number of aryl methyl sites for hydroxylation is 1. The van der Waals surface area contributed by atoms with Crippen LogP contribution in [0.5, 0.6) is 11.5 Å². The zero-order valence-corrected chi connectivity index (χ0v) is 16.9.